The van der Waals surface area contributed by atoms with Crippen LogP contribution in [-0.4, -0.2) is 87.8 Å². The number of hydrogen-bond acceptors (Lipinski definition) is 9. The molecular weight excluding hydrogens is 659 g/mol. The highest BCUT2D eigenvalue weighted by Crippen LogP contribution is 2.32. The Morgan fingerprint density at radius 1 is 1.10 bits per heavy atom. The number of nitrogens with zero attached hydrogens (tertiary/aromatic N) is 3. The van der Waals surface area contributed by atoms with Gasteiger partial charge >= 0.3 is 11.9 Å². The first-order valence-corrected chi connectivity index (χ1v) is 18.6. The van der Waals surface area contributed by atoms with Crippen LogP contribution in [0, 0.1) is 17.8 Å². The van der Waals surface area contributed by atoms with E-state index in [2.05, 4.69) is 20.5 Å². The largest absolute Gasteiger partial charge is 0.481 e. The van der Waals surface area contributed by atoms with Crippen LogP contribution >= 0.6 is 11.3 Å². The monoisotopic (exact) mass is 713 g/mol. The topological polar surface area (TPSA) is 158 Å². The second-order valence-corrected chi connectivity index (χ2v) is 14.7. The predicted molar refractivity (Wildman–Crippen MR) is 192 cm³/mol. The third-order valence-electron chi connectivity index (χ3n) is 9.58. The van der Waals surface area contributed by atoms with Crippen LogP contribution in [-0.2, 0) is 30.5 Å². The third-order valence-corrected chi connectivity index (χ3v) is 10.5. The number of aromatic nitrogens is 1. The Labute approximate surface area is 300 Å². The first-order chi connectivity index (χ1) is 23.7. The molecule has 0 radical (unpaired) electrons. The smallest absolute Gasteiger partial charge is 0.306 e. The molecule has 0 unspecified atom stereocenters. The van der Waals surface area contributed by atoms with Crippen molar-refractivity contribution in [2.24, 2.45) is 17.8 Å². The third kappa shape index (κ3) is 11.6. The van der Waals surface area contributed by atoms with E-state index in [4.69, 9.17) is 9.84 Å². The van der Waals surface area contributed by atoms with Crippen molar-refractivity contribution >= 4 is 41.0 Å². The lowest BCUT2D eigenvalue weighted by molar-refractivity contribution is -0.150. The van der Waals surface area contributed by atoms with Gasteiger partial charge in [0.2, 0.25) is 11.8 Å². The number of piperidine rings is 1. The van der Waals surface area contributed by atoms with Crippen molar-refractivity contribution in [3.05, 3.63) is 52.0 Å². The van der Waals surface area contributed by atoms with E-state index in [0.29, 0.717) is 11.4 Å². The molecule has 1 aromatic carbocycles. The van der Waals surface area contributed by atoms with Crippen LogP contribution in [0.3, 0.4) is 0 Å². The number of carbonyl (C=O) groups excluding carboxylic acids is 4. The molecule has 3 rings (SSSR count). The molecule has 1 fully saturated rings. The maximum absolute atomic E-state index is 14.8. The number of thiazole rings is 1. The molecule has 13 heteroatoms. The Kier molecular flexibility index (Phi) is 15.8. The quantitative estimate of drug-likeness (QED) is 0.180. The van der Waals surface area contributed by atoms with Crippen molar-refractivity contribution in [2.45, 2.75) is 111 Å². The number of likely N-dealkylation sites (N-methyl/N-ethyl adjacent to an activating group) is 1. The van der Waals surface area contributed by atoms with Crippen molar-refractivity contribution < 1.29 is 33.8 Å². The summed E-state index contributed by atoms with van der Waals surface area (Å²) in [6.07, 6.45) is 3.05. The maximum atomic E-state index is 14.8. The lowest BCUT2D eigenvalue weighted by Crippen LogP contribution is -2.58. The van der Waals surface area contributed by atoms with Crippen molar-refractivity contribution in [3.8, 4) is 0 Å². The number of ether oxygens (including phenoxy) is 1. The Morgan fingerprint density at radius 2 is 1.80 bits per heavy atom. The fraction of sp³-hybridized carbons (Fsp3) is 0.622. The van der Waals surface area contributed by atoms with Crippen molar-refractivity contribution in [3.63, 3.8) is 0 Å². The lowest BCUT2D eigenvalue weighted by atomic mass is 9.91. The van der Waals surface area contributed by atoms with E-state index < -0.39 is 42.0 Å². The summed E-state index contributed by atoms with van der Waals surface area (Å²) in [5, 5.41) is 17.0. The van der Waals surface area contributed by atoms with Gasteiger partial charge in [0.1, 0.15) is 16.7 Å². The number of carboxylic acid groups (broad SMARTS) is 1. The fourth-order valence-electron chi connectivity index (χ4n) is 6.19. The van der Waals surface area contributed by atoms with Gasteiger partial charge in [-0.15, -0.1) is 11.3 Å². The molecule has 3 amide bonds. The molecule has 3 N–H and O–H groups in total. The zero-order valence-corrected chi connectivity index (χ0v) is 31.3. The average molecular weight is 714 g/mol. The van der Waals surface area contributed by atoms with Gasteiger partial charge in [0.05, 0.1) is 12.0 Å². The Hall–Kier alpha value is -3.84. The van der Waals surface area contributed by atoms with E-state index >= 15 is 0 Å². The number of nitrogens with one attached hydrogen (secondary N) is 2. The van der Waals surface area contributed by atoms with Crippen molar-refractivity contribution in [1.82, 2.24) is 25.4 Å². The van der Waals surface area contributed by atoms with E-state index in [9.17, 15) is 24.0 Å². The minimum Gasteiger partial charge on any atom is -0.481 e. The summed E-state index contributed by atoms with van der Waals surface area (Å²) in [4.78, 5) is 73.2. The van der Waals surface area contributed by atoms with E-state index in [-0.39, 0.29) is 61.3 Å². The van der Waals surface area contributed by atoms with Crippen molar-refractivity contribution in [2.75, 3.05) is 20.1 Å². The van der Waals surface area contributed by atoms with Crippen LogP contribution in [0.1, 0.15) is 107 Å². The minimum absolute atomic E-state index is 0.0857. The lowest BCUT2D eigenvalue weighted by Gasteiger charge is -2.40. The molecule has 0 bridgehead atoms. The summed E-state index contributed by atoms with van der Waals surface area (Å²) >= 11 is 1.18. The van der Waals surface area contributed by atoms with Gasteiger partial charge in [-0.3, -0.25) is 28.9 Å². The molecule has 1 saturated heterocycles. The number of hydrogen-bond donors (Lipinski definition) is 3. The Balaban J connectivity index is 1.94. The van der Waals surface area contributed by atoms with E-state index in [1.165, 1.54) is 18.3 Å². The SMILES string of the molecule is CC[C@H](C)[C@H](NC(=O)[C@H]1CCCCN1C)C(=O)N(Cc1ccccc1)[C@H](C[C@@H](OC(C)=O)c1nc(C(=O)NCC[C@H](C)C(=O)O)cs1)C(C)C. The summed E-state index contributed by atoms with van der Waals surface area (Å²) in [5.74, 6) is -3.10. The van der Waals surface area contributed by atoms with Crippen LogP contribution in [0.4, 0.5) is 0 Å². The van der Waals surface area contributed by atoms with Gasteiger partial charge in [-0.2, -0.15) is 0 Å². The van der Waals surface area contributed by atoms with Crippen LogP contribution in [0.25, 0.3) is 0 Å². The molecule has 0 saturated carbocycles. The molecule has 1 aromatic heterocycles. The molecule has 1 aliphatic rings. The molecule has 2 heterocycles. The normalized spacial score (nSPS) is 18.0. The summed E-state index contributed by atoms with van der Waals surface area (Å²) in [6.45, 7) is 12.2. The average Bonchev–Trinajstić information content (AvgIpc) is 3.58. The number of esters is 1. The molecular formula is C37H55N5O7S. The molecule has 0 spiro atoms. The Bertz CT molecular complexity index is 1430. The molecule has 12 nitrogen and oxygen atoms in total. The van der Waals surface area contributed by atoms with Gasteiger partial charge in [-0.25, -0.2) is 4.98 Å². The van der Waals surface area contributed by atoms with Gasteiger partial charge in [0.25, 0.3) is 5.91 Å². The highest BCUT2D eigenvalue weighted by Gasteiger charge is 2.39. The summed E-state index contributed by atoms with van der Waals surface area (Å²) in [7, 11) is 1.95. The number of benzene rings is 1. The number of amides is 3. The molecule has 6 atom stereocenters. The summed E-state index contributed by atoms with van der Waals surface area (Å²) in [5.41, 5.74) is 1.05. The van der Waals surface area contributed by atoms with Gasteiger partial charge < -0.3 is 25.4 Å². The molecule has 276 valence electrons. The molecule has 0 aliphatic carbocycles. The van der Waals surface area contributed by atoms with Crippen LogP contribution < -0.4 is 10.6 Å². The molecule has 2 aromatic rings. The fourth-order valence-corrected chi connectivity index (χ4v) is 7.03. The van der Waals surface area contributed by atoms with E-state index in [0.717, 1.165) is 31.4 Å². The second-order valence-electron chi connectivity index (χ2n) is 13.8. The number of carboxylic acids is 1. The number of rotatable bonds is 18. The molecule has 50 heavy (non-hydrogen) atoms. The Morgan fingerprint density at radius 3 is 2.40 bits per heavy atom. The number of carbonyl (C=O) groups is 5. The number of likely N-dealkylation sites (tertiary alicyclic amines) is 1. The minimum atomic E-state index is -0.936. The summed E-state index contributed by atoms with van der Waals surface area (Å²) in [6, 6.07) is 8.17. The maximum Gasteiger partial charge on any atom is 0.306 e. The van der Waals surface area contributed by atoms with Gasteiger partial charge in [-0.05, 0) is 50.3 Å². The first kappa shape index (κ1) is 40.6. The zero-order valence-electron chi connectivity index (χ0n) is 30.5. The zero-order chi connectivity index (χ0) is 37.0. The second kappa shape index (κ2) is 19.5. The van der Waals surface area contributed by atoms with Gasteiger partial charge in [-0.1, -0.05) is 77.8 Å². The van der Waals surface area contributed by atoms with E-state index in [1.54, 1.807) is 12.3 Å². The van der Waals surface area contributed by atoms with E-state index in [1.807, 2.05) is 70.0 Å². The highest BCUT2D eigenvalue weighted by atomic mass is 32.1. The number of aliphatic carboxylic acids is 1. The first-order valence-electron chi connectivity index (χ1n) is 17.7. The molecule has 1 aliphatic heterocycles. The standard InChI is InChI=1S/C37H55N5O7S/c1-8-24(4)32(40-34(45)29-16-12-13-19-41(29)7)36(46)42(21-27-14-10-9-11-15-27)30(23(2)3)20-31(49-26(6)43)35-39-28(22-50-35)33(44)38-18-17-25(5)37(47)48/h9-11,14-15,22-25,29-32H,8,12-13,16-21H2,1-7H3,(H,38,44)(H,40,45)(H,47,48)/t24-,25-,29+,30+,31+,32-/m0/s1. The van der Waals surface area contributed by atoms with Crippen LogP contribution in [0.2, 0.25) is 0 Å². The van der Waals surface area contributed by atoms with Crippen LogP contribution in [0.5, 0.6) is 0 Å². The van der Waals surface area contributed by atoms with Crippen LogP contribution in [0.15, 0.2) is 35.7 Å². The predicted octanol–water partition coefficient (Wildman–Crippen LogP) is 5.05. The van der Waals surface area contributed by atoms with Gasteiger partial charge in [0.15, 0.2) is 6.10 Å². The summed E-state index contributed by atoms with van der Waals surface area (Å²) < 4.78 is 5.81. The van der Waals surface area contributed by atoms with Crippen molar-refractivity contribution in [1.29, 1.82) is 0 Å². The van der Waals surface area contributed by atoms with Gasteiger partial charge in [0, 0.05) is 37.9 Å². The highest BCUT2D eigenvalue weighted by molar-refractivity contribution is 7.09.